The number of furan rings is 1. The van der Waals surface area contributed by atoms with Crippen LogP contribution in [-0.4, -0.2) is 0 Å². The van der Waals surface area contributed by atoms with E-state index >= 15 is 0 Å². The zero-order valence-corrected chi connectivity index (χ0v) is 23.3. The highest BCUT2D eigenvalue weighted by Gasteiger charge is 2.23. The summed E-state index contributed by atoms with van der Waals surface area (Å²) >= 11 is 0. The van der Waals surface area contributed by atoms with E-state index in [1.54, 1.807) is 0 Å². The number of benzene rings is 8. The van der Waals surface area contributed by atoms with Crippen LogP contribution in [0.15, 0.2) is 150 Å². The second-order valence-corrected chi connectivity index (χ2v) is 11.6. The van der Waals surface area contributed by atoms with Crippen LogP contribution >= 0.6 is 0 Å². The molecule has 0 bridgehead atoms. The van der Waals surface area contributed by atoms with Crippen LogP contribution in [0.4, 0.5) is 0 Å². The lowest BCUT2D eigenvalue weighted by atomic mass is 9.92. The van der Waals surface area contributed by atoms with Crippen LogP contribution < -0.4 is 0 Å². The number of rotatable bonds is 2. The van der Waals surface area contributed by atoms with Gasteiger partial charge in [0.15, 0.2) is 0 Å². The van der Waals surface area contributed by atoms with Crippen molar-refractivity contribution in [3.63, 3.8) is 0 Å². The van der Waals surface area contributed by atoms with Crippen molar-refractivity contribution in [1.82, 2.24) is 0 Å². The summed E-state index contributed by atoms with van der Waals surface area (Å²) in [5, 5.41) is 9.98. The summed E-state index contributed by atoms with van der Waals surface area (Å²) in [6.07, 6.45) is 0. The lowest BCUT2D eigenvalue weighted by Gasteiger charge is -2.11. The molecule has 0 N–H and O–H groups in total. The molecule has 0 atom stereocenters. The number of hydrogen-bond acceptors (Lipinski definition) is 1. The van der Waals surface area contributed by atoms with Crippen molar-refractivity contribution < 1.29 is 4.42 Å². The maximum absolute atomic E-state index is 6.67. The Labute approximate surface area is 248 Å². The minimum atomic E-state index is 0.912. The van der Waals surface area contributed by atoms with Gasteiger partial charge in [-0.25, -0.2) is 0 Å². The Bertz CT molecular complexity index is 2590. The third kappa shape index (κ3) is 3.11. The SMILES string of the molecule is c1ccc2c(c1)-c1cccc3c(-c4cccc5c4oc4ccc(-c6cc7ccccc7c7ccccc67)cc45)ccc-2c13. The van der Waals surface area contributed by atoms with Crippen LogP contribution in [0, 0.1) is 0 Å². The molecule has 0 fully saturated rings. The molecule has 1 aromatic heterocycles. The third-order valence-electron chi connectivity index (χ3n) is 9.41. The quantitative estimate of drug-likeness (QED) is 0.197. The van der Waals surface area contributed by atoms with Crippen LogP contribution in [0.2, 0.25) is 0 Å². The monoisotopic (exact) mass is 544 g/mol. The van der Waals surface area contributed by atoms with E-state index in [9.17, 15) is 0 Å². The van der Waals surface area contributed by atoms with Crippen LogP contribution in [0.3, 0.4) is 0 Å². The normalized spacial score (nSPS) is 12.2. The predicted molar refractivity (Wildman–Crippen MR) is 182 cm³/mol. The molecule has 198 valence electrons. The Morgan fingerprint density at radius 1 is 0.326 bits per heavy atom. The second-order valence-electron chi connectivity index (χ2n) is 11.6. The first-order valence-corrected chi connectivity index (χ1v) is 14.9. The van der Waals surface area contributed by atoms with Crippen molar-refractivity contribution >= 4 is 54.3 Å². The van der Waals surface area contributed by atoms with E-state index in [2.05, 4.69) is 146 Å². The molecule has 1 nitrogen and oxygen atoms in total. The average molecular weight is 545 g/mol. The van der Waals surface area contributed by atoms with Crippen molar-refractivity contribution in [2.24, 2.45) is 0 Å². The molecule has 43 heavy (non-hydrogen) atoms. The van der Waals surface area contributed by atoms with Gasteiger partial charge < -0.3 is 4.42 Å². The molecular formula is C42H24O. The first-order chi connectivity index (χ1) is 21.3. The molecule has 1 aliphatic carbocycles. The summed E-state index contributed by atoms with van der Waals surface area (Å²) < 4.78 is 6.67. The van der Waals surface area contributed by atoms with Crippen molar-refractivity contribution in [1.29, 1.82) is 0 Å². The van der Waals surface area contributed by atoms with Gasteiger partial charge in [-0.15, -0.1) is 0 Å². The molecule has 1 heteroatoms. The average Bonchev–Trinajstić information content (AvgIpc) is 3.61. The van der Waals surface area contributed by atoms with E-state index in [-0.39, 0.29) is 0 Å². The molecule has 1 aliphatic rings. The minimum Gasteiger partial charge on any atom is -0.455 e. The Morgan fingerprint density at radius 3 is 1.81 bits per heavy atom. The standard InChI is InChI=1S/C42H24O/c1-2-10-27-25(9-1)23-38(31-14-6-3-11-28(27)31)26-19-22-40-39(24-26)37-18-8-17-36(42(37)43-40)32-20-21-35-30-13-5-4-12-29(30)33-15-7-16-34(32)41(33)35/h1-24H. The molecule has 0 spiro atoms. The molecule has 0 saturated carbocycles. The maximum atomic E-state index is 6.67. The van der Waals surface area contributed by atoms with Gasteiger partial charge in [-0.3, -0.25) is 0 Å². The summed E-state index contributed by atoms with van der Waals surface area (Å²) in [7, 11) is 0. The largest absolute Gasteiger partial charge is 0.455 e. The Morgan fingerprint density at radius 2 is 0.953 bits per heavy atom. The van der Waals surface area contributed by atoms with Gasteiger partial charge in [-0.1, -0.05) is 127 Å². The second kappa shape index (κ2) is 8.44. The topological polar surface area (TPSA) is 13.1 Å². The van der Waals surface area contributed by atoms with Crippen molar-refractivity contribution in [3.05, 3.63) is 146 Å². The molecule has 9 aromatic rings. The molecule has 0 unspecified atom stereocenters. The third-order valence-corrected chi connectivity index (χ3v) is 9.41. The highest BCUT2D eigenvalue weighted by atomic mass is 16.3. The van der Waals surface area contributed by atoms with Crippen molar-refractivity contribution in [2.75, 3.05) is 0 Å². The van der Waals surface area contributed by atoms with E-state index in [1.807, 2.05) is 0 Å². The van der Waals surface area contributed by atoms with Crippen molar-refractivity contribution in [2.45, 2.75) is 0 Å². The van der Waals surface area contributed by atoms with Crippen LogP contribution in [-0.2, 0) is 0 Å². The zero-order chi connectivity index (χ0) is 28.1. The van der Waals surface area contributed by atoms with E-state index in [0.717, 1.165) is 27.5 Å². The van der Waals surface area contributed by atoms with Gasteiger partial charge in [-0.05, 0) is 89.5 Å². The summed E-state index contributed by atoms with van der Waals surface area (Å²) in [6, 6.07) is 53.0. The molecule has 10 rings (SSSR count). The molecule has 0 radical (unpaired) electrons. The zero-order valence-electron chi connectivity index (χ0n) is 23.3. The van der Waals surface area contributed by atoms with E-state index in [0.29, 0.717) is 0 Å². The summed E-state index contributed by atoms with van der Waals surface area (Å²) in [6.45, 7) is 0. The lowest BCUT2D eigenvalue weighted by molar-refractivity contribution is 0.670. The van der Waals surface area contributed by atoms with E-state index in [1.165, 1.54) is 71.3 Å². The van der Waals surface area contributed by atoms with Crippen molar-refractivity contribution in [3.8, 4) is 44.5 Å². The molecule has 0 amide bonds. The number of para-hydroxylation sites is 1. The van der Waals surface area contributed by atoms with E-state index < -0.39 is 0 Å². The first kappa shape index (κ1) is 23.0. The van der Waals surface area contributed by atoms with Gasteiger partial charge in [0.25, 0.3) is 0 Å². The maximum Gasteiger partial charge on any atom is 0.143 e. The van der Waals surface area contributed by atoms with E-state index in [4.69, 9.17) is 4.42 Å². The first-order valence-electron chi connectivity index (χ1n) is 14.9. The number of hydrogen-bond donors (Lipinski definition) is 0. The highest BCUT2D eigenvalue weighted by molar-refractivity contribution is 6.21. The van der Waals surface area contributed by atoms with Crippen LogP contribution in [0.25, 0.3) is 98.8 Å². The molecule has 8 aromatic carbocycles. The summed E-state index contributed by atoms with van der Waals surface area (Å²) in [4.78, 5) is 0. The Hall–Kier alpha value is -5.66. The van der Waals surface area contributed by atoms with Crippen LogP contribution in [0.1, 0.15) is 0 Å². The Kier molecular flexibility index (Phi) is 4.51. The smallest absolute Gasteiger partial charge is 0.143 e. The van der Waals surface area contributed by atoms with Crippen LogP contribution in [0.5, 0.6) is 0 Å². The Balaban J connectivity index is 1.20. The highest BCUT2D eigenvalue weighted by Crippen LogP contribution is 2.50. The molecular weight excluding hydrogens is 520 g/mol. The summed E-state index contributed by atoms with van der Waals surface area (Å²) in [5.41, 5.74) is 11.9. The lowest BCUT2D eigenvalue weighted by Crippen LogP contribution is -1.85. The fourth-order valence-corrected chi connectivity index (χ4v) is 7.51. The van der Waals surface area contributed by atoms with Gasteiger partial charge >= 0.3 is 0 Å². The molecule has 1 heterocycles. The fourth-order valence-electron chi connectivity index (χ4n) is 7.51. The fraction of sp³-hybridized carbons (Fsp3) is 0. The van der Waals surface area contributed by atoms with Gasteiger partial charge in [0.1, 0.15) is 11.2 Å². The van der Waals surface area contributed by atoms with Gasteiger partial charge in [0, 0.05) is 16.3 Å². The number of fused-ring (bicyclic) bond motifs is 9. The minimum absolute atomic E-state index is 0.912. The van der Waals surface area contributed by atoms with Gasteiger partial charge in [-0.2, -0.15) is 0 Å². The van der Waals surface area contributed by atoms with Gasteiger partial charge in [0.05, 0.1) is 0 Å². The summed E-state index contributed by atoms with van der Waals surface area (Å²) in [5.74, 6) is 0. The predicted octanol–water partition coefficient (Wildman–Crippen LogP) is 12.0. The van der Waals surface area contributed by atoms with Gasteiger partial charge in [0.2, 0.25) is 0 Å². The molecule has 0 aliphatic heterocycles. The molecule has 0 saturated heterocycles.